The van der Waals surface area contributed by atoms with E-state index in [0.29, 0.717) is 25.6 Å². The molecule has 2 aliphatic rings. The van der Waals surface area contributed by atoms with Crippen LogP contribution in [0.25, 0.3) is 0 Å². The Hall–Kier alpha value is -2.04. The molecule has 1 aliphatic heterocycles. The standard InChI is InChI=1S/C20H29N3O2/c24-19-11-6-12-23(19)15-17-8-5-7-16(13-17)14-21-20(25)22-18-9-3-1-2-4-10-18/h5,7-8,13,18H,1-4,6,9-12,14-15H2,(H2,21,22,25). The average Bonchev–Trinajstić information content (AvgIpc) is 2.85. The molecule has 1 aromatic rings. The Labute approximate surface area is 150 Å². The Morgan fingerprint density at radius 2 is 1.84 bits per heavy atom. The van der Waals surface area contributed by atoms with Crippen molar-refractivity contribution in [2.75, 3.05) is 6.54 Å². The van der Waals surface area contributed by atoms with Crippen molar-refractivity contribution in [2.45, 2.75) is 70.5 Å². The van der Waals surface area contributed by atoms with E-state index in [1.165, 1.54) is 25.7 Å². The molecule has 1 saturated heterocycles. The van der Waals surface area contributed by atoms with Crippen molar-refractivity contribution in [3.63, 3.8) is 0 Å². The van der Waals surface area contributed by atoms with E-state index in [0.717, 1.165) is 36.9 Å². The molecule has 3 amide bonds. The highest BCUT2D eigenvalue weighted by atomic mass is 16.2. The highest BCUT2D eigenvalue weighted by Crippen LogP contribution is 2.17. The third-order valence-electron chi connectivity index (χ3n) is 5.18. The van der Waals surface area contributed by atoms with Crippen molar-refractivity contribution in [3.05, 3.63) is 35.4 Å². The van der Waals surface area contributed by atoms with Crippen LogP contribution in [0.2, 0.25) is 0 Å². The van der Waals surface area contributed by atoms with E-state index >= 15 is 0 Å². The number of carbonyl (C=O) groups excluding carboxylic acids is 2. The van der Waals surface area contributed by atoms with Gasteiger partial charge in [-0.2, -0.15) is 0 Å². The first-order valence-corrected chi connectivity index (χ1v) is 9.61. The molecule has 0 unspecified atom stereocenters. The molecule has 0 radical (unpaired) electrons. The lowest BCUT2D eigenvalue weighted by atomic mass is 10.1. The number of urea groups is 1. The third kappa shape index (κ3) is 5.48. The summed E-state index contributed by atoms with van der Waals surface area (Å²) in [6, 6.07) is 8.37. The average molecular weight is 343 g/mol. The van der Waals surface area contributed by atoms with Gasteiger partial charge in [0, 0.05) is 32.1 Å². The van der Waals surface area contributed by atoms with E-state index in [2.05, 4.69) is 16.7 Å². The number of hydrogen-bond donors (Lipinski definition) is 2. The molecule has 0 spiro atoms. The maximum Gasteiger partial charge on any atom is 0.315 e. The fourth-order valence-corrected chi connectivity index (χ4v) is 3.77. The maximum atomic E-state index is 12.1. The van der Waals surface area contributed by atoms with E-state index in [1.54, 1.807) is 0 Å². The molecule has 0 atom stereocenters. The summed E-state index contributed by atoms with van der Waals surface area (Å²) in [6.45, 7) is 2.03. The highest BCUT2D eigenvalue weighted by molar-refractivity contribution is 5.78. The van der Waals surface area contributed by atoms with Crippen molar-refractivity contribution in [3.8, 4) is 0 Å². The Morgan fingerprint density at radius 1 is 1.08 bits per heavy atom. The number of nitrogens with zero attached hydrogens (tertiary/aromatic N) is 1. The van der Waals surface area contributed by atoms with Crippen LogP contribution in [0.4, 0.5) is 4.79 Å². The fourth-order valence-electron chi connectivity index (χ4n) is 3.77. The molecule has 25 heavy (non-hydrogen) atoms. The first-order valence-electron chi connectivity index (χ1n) is 9.61. The summed E-state index contributed by atoms with van der Waals surface area (Å²) in [7, 11) is 0. The maximum absolute atomic E-state index is 12.1. The third-order valence-corrected chi connectivity index (χ3v) is 5.18. The molecule has 2 N–H and O–H groups in total. The molecular weight excluding hydrogens is 314 g/mol. The fraction of sp³-hybridized carbons (Fsp3) is 0.600. The van der Waals surface area contributed by atoms with Crippen molar-refractivity contribution in [1.29, 1.82) is 0 Å². The second-order valence-corrected chi connectivity index (χ2v) is 7.25. The Bertz CT molecular complexity index is 594. The molecule has 1 aliphatic carbocycles. The number of nitrogens with one attached hydrogen (secondary N) is 2. The number of benzene rings is 1. The van der Waals surface area contributed by atoms with Gasteiger partial charge in [-0.1, -0.05) is 49.9 Å². The molecule has 5 heteroatoms. The van der Waals surface area contributed by atoms with Crippen LogP contribution in [0.15, 0.2) is 24.3 Å². The minimum Gasteiger partial charge on any atom is -0.338 e. The summed E-state index contributed by atoms with van der Waals surface area (Å²) in [4.78, 5) is 25.8. The van der Waals surface area contributed by atoms with Gasteiger partial charge in [0.05, 0.1) is 0 Å². The zero-order valence-corrected chi connectivity index (χ0v) is 14.9. The number of carbonyl (C=O) groups is 2. The first-order chi connectivity index (χ1) is 12.2. The predicted molar refractivity (Wildman–Crippen MR) is 98.0 cm³/mol. The van der Waals surface area contributed by atoms with Crippen LogP contribution in [0, 0.1) is 0 Å². The largest absolute Gasteiger partial charge is 0.338 e. The molecular formula is C20H29N3O2. The molecule has 0 aromatic heterocycles. The number of hydrogen-bond acceptors (Lipinski definition) is 2. The molecule has 5 nitrogen and oxygen atoms in total. The summed E-state index contributed by atoms with van der Waals surface area (Å²) in [5.74, 6) is 0.242. The molecule has 1 heterocycles. The Morgan fingerprint density at radius 3 is 2.56 bits per heavy atom. The number of amides is 3. The van der Waals surface area contributed by atoms with Crippen LogP contribution in [0.3, 0.4) is 0 Å². The number of likely N-dealkylation sites (tertiary alicyclic amines) is 1. The monoisotopic (exact) mass is 343 g/mol. The van der Waals surface area contributed by atoms with Crippen LogP contribution in [0.1, 0.15) is 62.5 Å². The van der Waals surface area contributed by atoms with Crippen LogP contribution in [-0.4, -0.2) is 29.4 Å². The van der Waals surface area contributed by atoms with Gasteiger partial charge in [-0.25, -0.2) is 4.79 Å². The second kappa shape index (κ2) is 8.88. The van der Waals surface area contributed by atoms with Gasteiger partial charge in [0.15, 0.2) is 0 Å². The summed E-state index contributed by atoms with van der Waals surface area (Å²) in [5.41, 5.74) is 2.19. The molecule has 3 rings (SSSR count). The van der Waals surface area contributed by atoms with Crippen LogP contribution < -0.4 is 10.6 Å². The minimum atomic E-state index is -0.0768. The first kappa shape index (κ1) is 17.8. The lowest BCUT2D eigenvalue weighted by Crippen LogP contribution is -2.41. The van der Waals surface area contributed by atoms with E-state index in [-0.39, 0.29) is 11.9 Å². The zero-order chi connectivity index (χ0) is 17.5. The molecule has 1 aromatic carbocycles. The second-order valence-electron chi connectivity index (χ2n) is 7.25. The minimum absolute atomic E-state index is 0.0768. The topological polar surface area (TPSA) is 61.4 Å². The van der Waals surface area contributed by atoms with E-state index < -0.39 is 0 Å². The van der Waals surface area contributed by atoms with Crippen LogP contribution >= 0.6 is 0 Å². The van der Waals surface area contributed by atoms with Gasteiger partial charge >= 0.3 is 6.03 Å². The van der Waals surface area contributed by atoms with Crippen LogP contribution in [-0.2, 0) is 17.9 Å². The van der Waals surface area contributed by atoms with E-state index in [1.807, 2.05) is 23.1 Å². The highest BCUT2D eigenvalue weighted by Gasteiger charge is 2.20. The van der Waals surface area contributed by atoms with Crippen molar-refractivity contribution >= 4 is 11.9 Å². The van der Waals surface area contributed by atoms with Crippen molar-refractivity contribution in [2.24, 2.45) is 0 Å². The lowest BCUT2D eigenvalue weighted by Gasteiger charge is -2.17. The van der Waals surface area contributed by atoms with Gasteiger partial charge in [-0.3, -0.25) is 4.79 Å². The summed E-state index contributed by atoms with van der Waals surface area (Å²) < 4.78 is 0. The Kier molecular flexibility index (Phi) is 6.31. The van der Waals surface area contributed by atoms with E-state index in [9.17, 15) is 9.59 Å². The summed E-state index contributed by atoms with van der Waals surface area (Å²) >= 11 is 0. The zero-order valence-electron chi connectivity index (χ0n) is 14.9. The van der Waals surface area contributed by atoms with Crippen molar-refractivity contribution in [1.82, 2.24) is 15.5 Å². The van der Waals surface area contributed by atoms with Gasteiger partial charge in [-0.05, 0) is 30.4 Å². The number of rotatable bonds is 5. The van der Waals surface area contributed by atoms with E-state index in [4.69, 9.17) is 0 Å². The van der Waals surface area contributed by atoms with Gasteiger partial charge in [-0.15, -0.1) is 0 Å². The molecule has 2 fully saturated rings. The van der Waals surface area contributed by atoms with Crippen LogP contribution in [0.5, 0.6) is 0 Å². The molecule has 1 saturated carbocycles. The lowest BCUT2D eigenvalue weighted by molar-refractivity contribution is -0.128. The SMILES string of the molecule is O=C(NCc1cccc(CN2CCCC2=O)c1)NC1CCCCCC1. The normalized spacial score (nSPS) is 18.9. The Balaban J connectivity index is 1.46. The van der Waals surface area contributed by atoms with Gasteiger partial charge < -0.3 is 15.5 Å². The van der Waals surface area contributed by atoms with Gasteiger partial charge in [0.1, 0.15) is 0 Å². The van der Waals surface area contributed by atoms with Gasteiger partial charge in [0.25, 0.3) is 0 Å². The summed E-state index contributed by atoms with van der Waals surface area (Å²) in [6.07, 6.45) is 8.80. The van der Waals surface area contributed by atoms with Gasteiger partial charge in [0.2, 0.25) is 5.91 Å². The smallest absolute Gasteiger partial charge is 0.315 e. The molecule has 136 valence electrons. The predicted octanol–water partition coefficient (Wildman–Crippen LogP) is 3.33. The van der Waals surface area contributed by atoms with Crippen molar-refractivity contribution < 1.29 is 9.59 Å². The molecule has 0 bridgehead atoms. The quantitative estimate of drug-likeness (QED) is 0.806. The summed E-state index contributed by atoms with van der Waals surface area (Å²) in [5, 5.41) is 6.07.